The highest BCUT2D eigenvalue weighted by atomic mass is 16.6. The number of amides is 1. The lowest BCUT2D eigenvalue weighted by Gasteiger charge is -2.09. The van der Waals surface area contributed by atoms with Crippen molar-refractivity contribution in [2.24, 2.45) is 0 Å². The SMILES string of the molecule is COc1cc(C)c(/C=C/C(=O)Nc2cccc([N+](=O)[O-])c2C)c(C)c1. The van der Waals surface area contributed by atoms with Crippen LogP contribution in [0.15, 0.2) is 36.4 Å². The lowest BCUT2D eigenvalue weighted by atomic mass is 10.0. The molecule has 6 nitrogen and oxygen atoms in total. The zero-order valence-electron chi connectivity index (χ0n) is 14.6. The molecule has 130 valence electrons. The standard InChI is InChI=1S/C19H20N2O4/c1-12-10-15(25-4)11-13(2)16(12)8-9-19(22)20-17-6-5-7-18(14(17)3)21(23)24/h5-11H,1-4H3,(H,20,22)/b9-8+. The highest BCUT2D eigenvalue weighted by Crippen LogP contribution is 2.25. The van der Waals surface area contributed by atoms with Gasteiger partial charge in [0.2, 0.25) is 5.91 Å². The molecule has 0 saturated carbocycles. The van der Waals surface area contributed by atoms with Gasteiger partial charge in [-0.15, -0.1) is 0 Å². The first-order valence-corrected chi connectivity index (χ1v) is 7.71. The van der Waals surface area contributed by atoms with Gasteiger partial charge in [0.15, 0.2) is 0 Å². The highest BCUT2D eigenvalue weighted by molar-refractivity contribution is 6.02. The lowest BCUT2D eigenvalue weighted by molar-refractivity contribution is -0.385. The van der Waals surface area contributed by atoms with Crippen LogP contribution in [-0.4, -0.2) is 17.9 Å². The molecule has 0 radical (unpaired) electrons. The Bertz CT molecular complexity index is 833. The van der Waals surface area contributed by atoms with Crippen LogP contribution in [-0.2, 0) is 4.79 Å². The van der Waals surface area contributed by atoms with Crippen LogP contribution in [0.3, 0.4) is 0 Å². The van der Waals surface area contributed by atoms with Crippen molar-refractivity contribution in [2.75, 3.05) is 12.4 Å². The molecule has 0 aliphatic heterocycles. The fourth-order valence-corrected chi connectivity index (χ4v) is 2.61. The van der Waals surface area contributed by atoms with Gasteiger partial charge in [-0.3, -0.25) is 14.9 Å². The molecular weight excluding hydrogens is 320 g/mol. The Morgan fingerprint density at radius 1 is 1.20 bits per heavy atom. The molecule has 0 heterocycles. The normalized spacial score (nSPS) is 10.7. The number of nitro groups is 1. The third kappa shape index (κ3) is 4.23. The topological polar surface area (TPSA) is 81.5 Å². The molecule has 0 saturated heterocycles. The summed E-state index contributed by atoms with van der Waals surface area (Å²) in [6, 6.07) is 8.38. The van der Waals surface area contributed by atoms with Crippen molar-refractivity contribution in [3.63, 3.8) is 0 Å². The van der Waals surface area contributed by atoms with E-state index in [2.05, 4.69) is 5.32 Å². The van der Waals surface area contributed by atoms with Gasteiger partial charge in [-0.25, -0.2) is 0 Å². The third-order valence-corrected chi connectivity index (χ3v) is 3.96. The van der Waals surface area contributed by atoms with Gasteiger partial charge in [0, 0.05) is 12.1 Å². The molecule has 6 heteroatoms. The predicted molar refractivity (Wildman–Crippen MR) is 98.0 cm³/mol. The van der Waals surface area contributed by atoms with Crippen LogP contribution < -0.4 is 10.1 Å². The Morgan fingerprint density at radius 3 is 2.40 bits per heavy atom. The molecule has 1 amide bonds. The summed E-state index contributed by atoms with van der Waals surface area (Å²) in [6.07, 6.45) is 3.15. The van der Waals surface area contributed by atoms with Gasteiger partial charge in [0.05, 0.1) is 23.3 Å². The van der Waals surface area contributed by atoms with Gasteiger partial charge >= 0.3 is 0 Å². The minimum atomic E-state index is -0.467. The average molecular weight is 340 g/mol. The van der Waals surface area contributed by atoms with Crippen LogP contribution >= 0.6 is 0 Å². The number of carbonyl (C=O) groups is 1. The first-order valence-electron chi connectivity index (χ1n) is 7.71. The molecule has 2 rings (SSSR count). The van der Waals surface area contributed by atoms with Crippen LogP contribution in [0.5, 0.6) is 5.75 Å². The van der Waals surface area contributed by atoms with Gasteiger partial charge in [0.25, 0.3) is 5.69 Å². The number of anilines is 1. The first kappa shape index (κ1) is 18.2. The zero-order valence-corrected chi connectivity index (χ0v) is 14.6. The maximum atomic E-state index is 12.2. The molecule has 2 aromatic rings. The molecule has 0 spiro atoms. The molecule has 0 bridgehead atoms. The van der Waals surface area contributed by atoms with E-state index in [1.165, 1.54) is 12.1 Å². The zero-order chi connectivity index (χ0) is 18.6. The second kappa shape index (κ2) is 7.61. The number of hydrogen-bond acceptors (Lipinski definition) is 4. The number of hydrogen-bond donors (Lipinski definition) is 1. The molecule has 0 unspecified atom stereocenters. The minimum absolute atomic E-state index is 0.0244. The summed E-state index contributed by atoms with van der Waals surface area (Å²) in [5.41, 5.74) is 3.74. The van der Waals surface area contributed by atoms with E-state index in [-0.39, 0.29) is 11.6 Å². The van der Waals surface area contributed by atoms with Gasteiger partial charge < -0.3 is 10.1 Å². The number of carbonyl (C=O) groups excluding carboxylic acids is 1. The maximum absolute atomic E-state index is 12.2. The summed E-state index contributed by atoms with van der Waals surface area (Å²) < 4.78 is 5.22. The quantitative estimate of drug-likeness (QED) is 0.503. The second-order valence-electron chi connectivity index (χ2n) is 5.70. The molecular formula is C19H20N2O4. The van der Waals surface area contributed by atoms with E-state index >= 15 is 0 Å². The molecule has 0 aliphatic carbocycles. The van der Waals surface area contributed by atoms with Crippen LogP contribution in [0.4, 0.5) is 11.4 Å². The first-order chi connectivity index (χ1) is 11.8. The Labute approximate surface area is 146 Å². The fraction of sp³-hybridized carbons (Fsp3) is 0.211. The van der Waals surface area contributed by atoms with Crippen molar-refractivity contribution in [3.8, 4) is 5.75 Å². The van der Waals surface area contributed by atoms with Crippen molar-refractivity contribution >= 4 is 23.4 Å². The largest absolute Gasteiger partial charge is 0.497 e. The number of nitro benzene ring substituents is 1. The molecule has 0 aromatic heterocycles. The Balaban J connectivity index is 2.20. The van der Waals surface area contributed by atoms with Crippen LogP contribution in [0.25, 0.3) is 6.08 Å². The monoisotopic (exact) mass is 340 g/mol. The maximum Gasteiger partial charge on any atom is 0.274 e. The molecule has 0 fully saturated rings. The fourth-order valence-electron chi connectivity index (χ4n) is 2.61. The number of nitrogens with zero attached hydrogens (tertiary/aromatic N) is 1. The summed E-state index contributed by atoms with van der Waals surface area (Å²) in [5.74, 6) is 0.419. The molecule has 25 heavy (non-hydrogen) atoms. The van der Waals surface area contributed by atoms with E-state index in [1.54, 1.807) is 32.2 Å². The van der Waals surface area contributed by atoms with Crippen molar-refractivity contribution in [1.29, 1.82) is 0 Å². The van der Waals surface area contributed by atoms with Crippen LogP contribution in [0, 0.1) is 30.9 Å². The number of rotatable bonds is 5. The summed E-state index contributed by atoms with van der Waals surface area (Å²) >= 11 is 0. The number of benzene rings is 2. The molecule has 1 N–H and O–H groups in total. The van der Waals surface area contributed by atoms with E-state index in [9.17, 15) is 14.9 Å². The molecule has 2 aromatic carbocycles. The Hall–Kier alpha value is -3.15. The van der Waals surface area contributed by atoms with E-state index < -0.39 is 4.92 Å². The number of ether oxygens (including phenoxy) is 1. The van der Waals surface area contributed by atoms with Gasteiger partial charge in [-0.05, 0) is 61.7 Å². The summed E-state index contributed by atoms with van der Waals surface area (Å²) in [7, 11) is 1.61. The second-order valence-corrected chi connectivity index (χ2v) is 5.70. The molecule has 0 atom stereocenters. The van der Waals surface area contributed by atoms with Crippen molar-refractivity contribution < 1.29 is 14.5 Å². The predicted octanol–water partition coefficient (Wildman–Crippen LogP) is 4.18. The smallest absolute Gasteiger partial charge is 0.274 e. The summed E-state index contributed by atoms with van der Waals surface area (Å²) in [5, 5.41) is 13.6. The molecule has 0 aliphatic rings. The number of nitrogens with one attached hydrogen (secondary N) is 1. The van der Waals surface area contributed by atoms with E-state index in [0.717, 1.165) is 22.4 Å². The minimum Gasteiger partial charge on any atom is -0.497 e. The van der Waals surface area contributed by atoms with E-state index in [0.29, 0.717) is 11.3 Å². The Kier molecular flexibility index (Phi) is 5.54. The van der Waals surface area contributed by atoms with Crippen LogP contribution in [0.1, 0.15) is 22.3 Å². The number of methoxy groups -OCH3 is 1. The van der Waals surface area contributed by atoms with Crippen molar-refractivity contribution in [3.05, 3.63) is 68.8 Å². The van der Waals surface area contributed by atoms with Crippen molar-refractivity contribution in [1.82, 2.24) is 0 Å². The van der Waals surface area contributed by atoms with Gasteiger partial charge in [0.1, 0.15) is 5.75 Å². The van der Waals surface area contributed by atoms with Crippen LogP contribution in [0.2, 0.25) is 0 Å². The van der Waals surface area contributed by atoms with Gasteiger partial charge in [-0.1, -0.05) is 6.07 Å². The van der Waals surface area contributed by atoms with Crippen molar-refractivity contribution in [2.45, 2.75) is 20.8 Å². The Morgan fingerprint density at radius 2 is 1.84 bits per heavy atom. The number of aryl methyl sites for hydroxylation is 2. The van der Waals surface area contributed by atoms with E-state index in [1.807, 2.05) is 26.0 Å². The van der Waals surface area contributed by atoms with Gasteiger partial charge in [-0.2, -0.15) is 0 Å². The summed E-state index contributed by atoms with van der Waals surface area (Å²) in [6.45, 7) is 5.49. The van der Waals surface area contributed by atoms with E-state index in [4.69, 9.17) is 4.74 Å². The third-order valence-electron chi connectivity index (χ3n) is 3.96. The average Bonchev–Trinajstić information content (AvgIpc) is 2.55. The highest BCUT2D eigenvalue weighted by Gasteiger charge is 2.14. The lowest BCUT2D eigenvalue weighted by Crippen LogP contribution is -2.09. The summed E-state index contributed by atoms with van der Waals surface area (Å²) in [4.78, 5) is 22.7.